The molecule has 10 aromatic rings. The van der Waals surface area contributed by atoms with Gasteiger partial charge in [-0.25, -0.2) is 0 Å². The Morgan fingerprint density at radius 3 is 1.70 bits per heavy atom. The van der Waals surface area contributed by atoms with Gasteiger partial charge in [0.05, 0.1) is 5.69 Å². The van der Waals surface area contributed by atoms with E-state index < -0.39 is 0 Å². The number of para-hydroxylation sites is 2. The van der Waals surface area contributed by atoms with Crippen LogP contribution in [0.15, 0.2) is 192 Å². The third-order valence-corrected chi connectivity index (χ3v) is 10.1. The predicted octanol–water partition coefficient (Wildman–Crippen LogP) is 13.8. The van der Waals surface area contributed by atoms with Gasteiger partial charge in [0.25, 0.3) is 0 Å². The lowest BCUT2D eigenvalue weighted by atomic mass is 9.95. The lowest BCUT2D eigenvalue weighted by Crippen LogP contribution is -2.10. The van der Waals surface area contributed by atoms with Crippen molar-refractivity contribution in [2.75, 3.05) is 4.90 Å². The second kappa shape index (κ2) is 11.5. The number of benzene rings is 9. The van der Waals surface area contributed by atoms with Gasteiger partial charge < -0.3 is 9.32 Å². The minimum Gasteiger partial charge on any atom is -0.455 e. The maximum absolute atomic E-state index is 6.42. The molecule has 1 aromatic heterocycles. The highest BCUT2D eigenvalue weighted by molar-refractivity contribution is 6.21. The van der Waals surface area contributed by atoms with Crippen molar-refractivity contribution in [3.63, 3.8) is 0 Å². The molecule has 0 radical (unpaired) electrons. The smallest absolute Gasteiger partial charge is 0.143 e. The van der Waals surface area contributed by atoms with Gasteiger partial charge in [-0.1, -0.05) is 152 Å². The van der Waals surface area contributed by atoms with Crippen LogP contribution in [0.4, 0.5) is 17.1 Å². The zero-order chi connectivity index (χ0) is 33.0. The molecule has 0 aliphatic carbocycles. The van der Waals surface area contributed by atoms with Crippen molar-refractivity contribution in [3.8, 4) is 22.3 Å². The standard InChI is InChI=1S/C48H31NO/c1-2-11-32(12-3-1)33-21-26-36(27-22-33)49(46-31-45-38-14-5-4-13-34(38)25-30-41(45)40-15-6-7-16-42(40)46)37-28-23-35(24-29-37)39-18-10-19-44-43-17-8-9-20-47(43)50-48(39)44/h1-31H. The van der Waals surface area contributed by atoms with Crippen molar-refractivity contribution in [1.82, 2.24) is 0 Å². The molecule has 0 saturated heterocycles. The first-order chi connectivity index (χ1) is 24.8. The Hall–Kier alpha value is -6.64. The van der Waals surface area contributed by atoms with Crippen LogP contribution in [0.25, 0.3) is 76.5 Å². The number of hydrogen-bond donors (Lipinski definition) is 0. The van der Waals surface area contributed by atoms with Gasteiger partial charge in [0.1, 0.15) is 11.2 Å². The van der Waals surface area contributed by atoms with Crippen LogP contribution >= 0.6 is 0 Å². The van der Waals surface area contributed by atoms with Gasteiger partial charge in [0.2, 0.25) is 0 Å². The van der Waals surface area contributed by atoms with E-state index in [2.05, 4.69) is 181 Å². The normalized spacial score (nSPS) is 11.6. The van der Waals surface area contributed by atoms with E-state index >= 15 is 0 Å². The van der Waals surface area contributed by atoms with E-state index in [1.165, 1.54) is 43.4 Å². The van der Waals surface area contributed by atoms with E-state index in [4.69, 9.17) is 4.42 Å². The van der Waals surface area contributed by atoms with Gasteiger partial charge in [-0.2, -0.15) is 0 Å². The fourth-order valence-electron chi connectivity index (χ4n) is 7.65. The van der Waals surface area contributed by atoms with Gasteiger partial charge in [-0.05, 0) is 80.0 Å². The van der Waals surface area contributed by atoms with Gasteiger partial charge >= 0.3 is 0 Å². The number of hydrogen-bond acceptors (Lipinski definition) is 2. The van der Waals surface area contributed by atoms with Crippen molar-refractivity contribution >= 4 is 71.3 Å². The summed E-state index contributed by atoms with van der Waals surface area (Å²) >= 11 is 0. The molecule has 2 heteroatoms. The Morgan fingerprint density at radius 2 is 0.920 bits per heavy atom. The maximum atomic E-state index is 6.42. The van der Waals surface area contributed by atoms with Crippen molar-refractivity contribution < 1.29 is 4.42 Å². The first-order valence-corrected chi connectivity index (χ1v) is 17.1. The first-order valence-electron chi connectivity index (χ1n) is 17.1. The molecule has 0 spiro atoms. The van der Waals surface area contributed by atoms with Crippen molar-refractivity contribution in [1.29, 1.82) is 0 Å². The molecular weight excluding hydrogens is 607 g/mol. The number of anilines is 3. The Bertz CT molecular complexity index is 2850. The molecule has 2 nitrogen and oxygen atoms in total. The van der Waals surface area contributed by atoms with Crippen LogP contribution in [0, 0.1) is 0 Å². The Balaban J connectivity index is 1.18. The van der Waals surface area contributed by atoms with Gasteiger partial charge in [-0.3, -0.25) is 0 Å². The van der Waals surface area contributed by atoms with Crippen LogP contribution in [-0.2, 0) is 0 Å². The molecule has 0 N–H and O–H groups in total. The van der Waals surface area contributed by atoms with E-state index in [-0.39, 0.29) is 0 Å². The first kappa shape index (κ1) is 28.4. The summed E-state index contributed by atoms with van der Waals surface area (Å²) in [5.74, 6) is 0. The summed E-state index contributed by atoms with van der Waals surface area (Å²) < 4.78 is 6.42. The van der Waals surface area contributed by atoms with E-state index in [1.54, 1.807) is 0 Å². The molecule has 0 bridgehead atoms. The summed E-state index contributed by atoms with van der Waals surface area (Å²) in [7, 11) is 0. The molecule has 50 heavy (non-hydrogen) atoms. The second-order valence-corrected chi connectivity index (χ2v) is 12.9. The molecule has 1 heterocycles. The minimum atomic E-state index is 0.910. The summed E-state index contributed by atoms with van der Waals surface area (Å²) in [6, 6.07) is 67.5. The van der Waals surface area contributed by atoms with E-state index in [0.29, 0.717) is 0 Å². The Kier molecular flexibility index (Phi) is 6.53. The zero-order valence-electron chi connectivity index (χ0n) is 27.3. The van der Waals surface area contributed by atoms with E-state index in [0.717, 1.165) is 50.1 Å². The van der Waals surface area contributed by atoms with Crippen LogP contribution in [0.2, 0.25) is 0 Å². The molecule has 234 valence electrons. The van der Waals surface area contributed by atoms with Crippen molar-refractivity contribution in [3.05, 3.63) is 188 Å². The molecule has 0 atom stereocenters. The topological polar surface area (TPSA) is 16.4 Å². The molecule has 0 saturated carbocycles. The number of nitrogens with zero attached hydrogens (tertiary/aromatic N) is 1. The molecule has 10 rings (SSSR count). The van der Waals surface area contributed by atoms with Gasteiger partial charge in [-0.15, -0.1) is 0 Å². The Morgan fingerprint density at radius 1 is 0.340 bits per heavy atom. The third kappa shape index (κ3) is 4.57. The third-order valence-electron chi connectivity index (χ3n) is 10.1. The largest absolute Gasteiger partial charge is 0.455 e. The summed E-state index contributed by atoms with van der Waals surface area (Å²) in [4.78, 5) is 2.41. The quantitative estimate of drug-likeness (QED) is 0.175. The second-order valence-electron chi connectivity index (χ2n) is 12.9. The summed E-state index contributed by atoms with van der Waals surface area (Å²) in [6.07, 6.45) is 0. The fraction of sp³-hybridized carbons (Fsp3) is 0. The molecule has 9 aromatic carbocycles. The summed E-state index contributed by atoms with van der Waals surface area (Å²) in [5.41, 5.74) is 9.76. The van der Waals surface area contributed by atoms with Crippen LogP contribution < -0.4 is 4.90 Å². The summed E-state index contributed by atoms with van der Waals surface area (Å²) in [5, 5.41) is 9.73. The van der Waals surface area contributed by atoms with Crippen molar-refractivity contribution in [2.45, 2.75) is 0 Å². The monoisotopic (exact) mass is 637 g/mol. The predicted molar refractivity (Wildman–Crippen MR) is 212 cm³/mol. The average molecular weight is 638 g/mol. The molecule has 0 aliphatic heterocycles. The van der Waals surface area contributed by atoms with Crippen LogP contribution in [0.5, 0.6) is 0 Å². The number of furan rings is 1. The van der Waals surface area contributed by atoms with E-state index in [9.17, 15) is 0 Å². The van der Waals surface area contributed by atoms with Gasteiger partial charge in [0, 0.05) is 33.1 Å². The lowest BCUT2D eigenvalue weighted by molar-refractivity contribution is 0.670. The average Bonchev–Trinajstić information content (AvgIpc) is 3.58. The Labute approximate surface area is 290 Å². The minimum absolute atomic E-state index is 0.910. The summed E-state index contributed by atoms with van der Waals surface area (Å²) in [6.45, 7) is 0. The zero-order valence-corrected chi connectivity index (χ0v) is 27.3. The molecule has 0 fully saturated rings. The van der Waals surface area contributed by atoms with Crippen molar-refractivity contribution in [2.24, 2.45) is 0 Å². The highest BCUT2D eigenvalue weighted by Gasteiger charge is 2.19. The lowest BCUT2D eigenvalue weighted by Gasteiger charge is -2.28. The van der Waals surface area contributed by atoms with Crippen LogP contribution in [-0.4, -0.2) is 0 Å². The van der Waals surface area contributed by atoms with Gasteiger partial charge in [0.15, 0.2) is 0 Å². The molecular formula is C48H31NO. The molecule has 0 unspecified atom stereocenters. The number of rotatable bonds is 5. The molecule has 0 aliphatic rings. The fourth-order valence-corrected chi connectivity index (χ4v) is 7.65. The maximum Gasteiger partial charge on any atom is 0.143 e. The molecule has 0 amide bonds. The number of fused-ring (bicyclic) bond motifs is 8. The highest BCUT2D eigenvalue weighted by atomic mass is 16.3. The van der Waals surface area contributed by atoms with Crippen LogP contribution in [0.1, 0.15) is 0 Å². The SMILES string of the molecule is c1ccc(-c2ccc(N(c3ccc(-c4cccc5c4oc4ccccc45)cc3)c3cc4c5ccccc5ccc4c4ccccc34)cc2)cc1. The van der Waals surface area contributed by atoms with Crippen LogP contribution in [0.3, 0.4) is 0 Å². The van der Waals surface area contributed by atoms with E-state index in [1.807, 2.05) is 12.1 Å². The highest BCUT2D eigenvalue weighted by Crippen LogP contribution is 2.44.